The molecular weight excluding hydrogens is 184 g/mol. The molecule has 4 N–H and O–H groups in total. The Morgan fingerprint density at radius 1 is 1.50 bits per heavy atom. The van der Waals surface area contributed by atoms with Crippen molar-refractivity contribution in [3.8, 4) is 0 Å². The van der Waals surface area contributed by atoms with Crippen molar-refractivity contribution in [3.05, 3.63) is 0 Å². The summed E-state index contributed by atoms with van der Waals surface area (Å²) in [6.07, 6.45) is 0. The van der Waals surface area contributed by atoms with Crippen molar-refractivity contribution in [2.75, 3.05) is 26.4 Å². The zero-order valence-electron chi connectivity index (χ0n) is 8.82. The van der Waals surface area contributed by atoms with Gasteiger partial charge in [0.1, 0.15) is 0 Å². The second-order valence-corrected chi connectivity index (χ2v) is 3.27. The SMILES string of the molecule is CC(N)C(C)C(=O)NCCOCCO. The zero-order chi connectivity index (χ0) is 11.0. The van der Waals surface area contributed by atoms with Crippen molar-refractivity contribution in [2.24, 2.45) is 11.7 Å². The number of carbonyl (C=O) groups excluding carboxylic acids is 1. The molecule has 0 rings (SSSR count). The highest BCUT2D eigenvalue weighted by atomic mass is 16.5. The lowest BCUT2D eigenvalue weighted by atomic mass is 10.0. The van der Waals surface area contributed by atoms with Gasteiger partial charge in [-0.15, -0.1) is 0 Å². The average molecular weight is 204 g/mol. The number of hydrogen-bond donors (Lipinski definition) is 3. The van der Waals surface area contributed by atoms with E-state index in [4.69, 9.17) is 15.6 Å². The van der Waals surface area contributed by atoms with Gasteiger partial charge < -0.3 is 20.9 Å². The molecule has 14 heavy (non-hydrogen) atoms. The number of ether oxygens (including phenoxy) is 1. The highest BCUT2D eigenvalue weighted by Crippen LogP contribution is 1.98. The Hall–Kier alpha value is -0.650. The minimum atomic E-state index is -0.187. The number of amides is 1. The lowest BCUT2D eigenvalue weighted by Gasteiger charge is -2.15. The molecule has 2 atom stereocenters. The van der Waals surface area contributed by atoms with Crippen molar-refractivity contribution < 1.29 is 14.6 Å². The molecule has 0 aliphatic heterocycles. The highest BCUT2D eigenvalue weighted by molar-refractivity contribution is 5.78. The Kier molecular flexibility index (Phi) is 7.37. The van der Waals surface area contributed by atoms with Crippen LogP contribution in [-0.4, -0.2) is 43.4 Å². The maximum Gasteiger partial charge on any atom is 0.224 e. The van der Waals surface area contributed by atoms with Crippen LogP contribution >= 0.6 is 0 Å². The molecule has 0 spiro atoms. The molecule has 84 valence electrons. The standard InChI is InChI=1S/C9H20N2O3/c1-7(8(2)10)9(13)11-3-5-14-6-4-12/h7-8,12H,3-6,10H2,1-2H3,(H,11,13). The van der Waals surface area contributed by atoms with E-state index in [0.29, 0.717) is 19.8 Å². The molecule has 0 aliphatic carbocycles. The van der Waals surface area contributed by atoms with Gasteiger partial charge in [0.05, 0.1) is 19.8 Å². The smallest absolute Gasteiger partial charge is 0.224 e. The van der Waals surface area contributed by atoms with E-state index in [-0.39, 0.29) is 24.5 Å². The van der Waals surface area contributed by atoms with Crippen LogP contribution in [-0.2, 0) is 9.53 Å². The van der Waals surface area contributed by atoms with E-state index in [2.05, 4.69) is 5.32 Å². The second-order valence-electron chi connectivity index (χ2n) is 3.27. The Bertz CT molecular complexity index is 162. The Morgan fingerprint density at radius 3 is 2.64 bits per heavy atom. The van der Waals surface area contributed by atoms with Crippen LogP contribution in [0.5, 0.6) is 0 Å². The summed E-state index contributed by atoms with van der Waals surface area (Å²) in [5.74, 6) is -0.250. The van der Waals surface area contributed by atoms with Crippen LogP contribution < -0.4 is 11.1 Å². The van der Waals surface area contributed by atoms with Crippen LogP contribution in [0, 0.1) is 5.92 Å². The highest BCUT2D eigenvalue weighted by Gasteiger charge is 2.15. The third-order valence-electron chi connectivity index (χ3n) is 1.98. The average Bonchev–Trinajstić information content (AvgIpc) is 2.16. The van der Waals surface area contributed by atoms with Crippen LogP contribution in [0.1, 0.15) is 13.8 Å². The summed E-state index contributed by atoms with van der Waals surface area (Å²) in [7, 11) is 0. The summed E-state index contributed by atoms with van der Waals surface area (Å²) in [6, 6.07) is -0.145. The molecular formula is C9H20N2O3. The Labute approximate surface area is 84.6 Å². The predicted octanol–water partition coefficient (Wildman–Crippen LogP) is -0.905. The van der Waals surface area contributed by atoms with Crippen LogP contribution in [0.2, 0.25) is 0 Å². The van der Waals surface area contributed by atoms with Crippen LogP contribution in [0.4, 0.5) is 0 Å². The van der Waals surface area contributed by atoms with E-state index < -0.39 is 0 Å². The molecule has 5 nitrogen and oxygen atoms in total. The van der Waals surface area contributed by atoms with Gasteiger partial charge in [0.15, 0.2) is 0 Å². The van der Waals surface area contributed by atoms with Gasteiger partial charge in [-0.05, 0) is 6.92 Å². The third kappa shape index (κ3) is 5.90. The summed E-state index contributed by atoms with van der Waals surface area (Å²) < 4.78 is 4.98. The van der Waals surface area contributed by atoms with Crippen molar-refractivity contribution in [3.63, 3.8) is 0 Å². The molecule has 0 bridgehead atoms. The molecule has 0 radical (unpaired) electrons. The van der Waals surface area contributed by atoms with Gasteiger partial charge >= 0.3 is 0 Å². The van der Waals surface area contributed by atoms with E-state index in [9.17, 15) is 4.79 Å². The number of carbonyl (C=O) groups is 1. The number of hydrogen-bond acceptors (Lipinski definition) is 4. The lowest BCUT2D eigenvalue weighted by Crippen LogP contribution is -2.39. The fourth-order valence-corrected chi connectivity index (χ4v) is 0.813. The van der Waals surface area contributed by atoms with E-state index in [1.807, 2.05) is 0 Å². The number of aliphatic hydroxyl groups is 1. The van der Waals surface area contributed by atoms with Crippen molar-refractivity contribution in [1.29, 1.82) is 0 Å². The van der Waals surface area contributed by atoms with Gasteiger partial charge in [-0.25, -0.2) is 0 Å². The van der Waals surface area contributed by atoms with E-state index >= 15 is 0 Å². The molecule has 2 unspecified atom stereocenters. The summed E-state index contributed by atoms with van der Waals surface area (Å²) in [6.45, 7) is 4.76. The fraction of sp³-hybridized carbons (Fsp3) is 0.889. The van der Waals surface area contributed by atoms with Gasteiger partial charge in [-0.3, -0.25) is 4.79 Å². The molecule has 0 aliphatic rings. The molecule has 0 saturated heterocycles. The molecule has 0 aromatic rings. The second kappa shape index (κ2) is 7.73. The summed E-state index contributed by atoms with van der Waals surface area (Å²) >= 11 is 0. The van der Waals surface area contributed by atoms with Gasteiger partial charge in [0.2, 0.25) is 5.91 Å². The van der Waals surface area contributed by atoms with Gasteiger partial charge in [0, 0.05) is 18.5 Å². The van der Waals surface area contributed by atoms with Gasteiger partial charge in [-0.1, -0.05) is 6.92 Å². The fourth-order valence-electron chi connectivity index (χ4n) is 0.813. The summed E-state index contributed by atoms with van der Waals surface area (Å²) in [4.78, 5) is 11.3. The molecule has 0 saturated carbocycles. The van der Waals surface area contributed by atoms with Crippen LogP contribution in [0.15, 0.2) is 0 Å². The first-order valence-corrected chi connectivity index (χ1v) is 4.81. The number of aliphatic hydroxyl groups excluding tert-OH is 1. The Balaban J connectivity index is 3.44. The minimum Gasteiger partial charge on any atom is -0.394 e. The monoisotopic (exact) mass is 204 g/mol. The van der Waals surface area contributed by atoms with Gasteiger partial charge in [0.25, 0.3) is 0 Å². The maximum absolute atomic E-state index is 11.3. The molecule has 5 heteroatoms. The Morgan fingerprint density at radius 2 is 2.14 bits per heavy atom. The number of nitrogens with one attached hydrogen (secondary N) is 1. The summed E-state index contributed by atoms with van der Waals surface area (Å²) in [5, 5.41) is 11.1. The van der Waals surface area contributed by atoms with Gasteiger partial charge in [-0.2, -0.15) is 0 Å². The zero-order valence-corrected chi connectivity index (χ0v) is 8.82. The topological polar surface area (TPSA) is 84.6 Å². The lowest BCUT2D eigenvalue weighted by molar-refractivity contribution is -0.125. The quantitative estimate of drug-likeness (QED) is 0.469. The van der Waals surface area contributed by atoms with E-state index in [0.717, 1.165) is 0 Å². The molecule has 0 heterocycles. The van der Waals surface area contributed by atoms with Crippen molar-refractivity contribution in [2.45, 2.75) is 19.9 Å². The molecule has 0 fully saturated rings. The van der Waals surface area contributed by atoms with Crippen LogP contribution in [0.3, 0.4) is 0 Å². The molecule has 0 aromatic carbocycles. The third-order valence-corrected chi connectivity index (χ3v) is 1.98. The normalized spacial score (nSPS) is 14.9. The van der Waals surface area contributed by atoms with E-state index in [1.54, 1.807) is 13.8 Å². The largest absolute Gasteiger partial charge is 0.394 e. The van der Waals surface area contributed by atoms with Crippen LogP contribution in [0.25, 0.3) is 0 Å². The number of rotatable bonds is 7. The first kappa shape index (κ1) is 13.4. The minimum absolute atomic E-state index is 0.00415. The first-order chi connectivity index (χ1) is 6.59. The number of nitrogens with two attached hydrogens (primary N) is 1. The first-order valence-electron chi connectivity index (χ1n) is 4.81. The molecule has 0 aromatic heterocycles. The summed E-state index contributed by atoms with van der Waals surface area (Å²) in [5.41, 5.74) is 5.56. The van der Waals surface area contributed by atoms with E-state index in [1.165, 1.54) is 0 Å². The van der Waals surface area contributed by atoms with Crippen molar-refractivity contribution >= 4 is 5.91 Å². The molecule has 1 amide bonds. The maximum atomic E-state index is 11.3. The van der Waals surface area contributed by atoms with Crippen molar-refractivity contribution in [1.82, 2.24) is 5.32 Å². The predicted molar refractivity (Wildman–Crippen MR) is 53.7 cm³/mol.